The zero-order chi connectivity index (χ0) is 27.2. The van der Waals surface area contributed by atoms with Crippen molar-refractivity contribution < 1.29 is 24.2 Å². The molecule has 38 heavy (non-hydrogen) atoms. The predicted octanol–water partition coefficient (Wildman–Crippen LogP) is 4.03. The number of fused-ring (bicyclic) bond motifs is 2. The summed E-state index contributed by atoms with van der Waals surface area (Å²) in [5.41, 5.74) is 0.727. The average molecular weight is 537 g/mol. The van der Waals surface area contributed by atoms with E-state index in [2.05, 4.69) is 6.58 Å². The monoisotopic (exact) mass is 536 g/mol. The second-order valence-electron chi connectivity index (χ2n) is 10.8. The first kappa shape index (κ1) is 26.8. The van der Waals surface area contributed by atoms with Crippen LogP contribution >= 0.6 is 11.8 Å². The number of carbonyl (C=O) groups is 3. The lowest BCUT2D eigenvalue weighted by Crippen LogP contribution is -2.58. The highest BCUT2D eigenvalue weighted by Gasteiger charge is 2.75. The molecular formula is C30H36N2O5S. The van der Waals surface area contributed by atoms with Crippen LogP contribution in [-0.2, 0) is 19.1 Å². The Hall–Kier alpha value is -2.84. The van der Waals surface area contributed by atoms with Gasteiger partial charge in [0.1, 0.15) is 6.04 Å². The Morgan fingerprint density at radius 3 is 2.66 bits per heavy atom. The summed E-state index contributed by atoms with van der Waals surface area (Å²) in [6, 6.07) is 12.5. The molecule has 0 aromatic heterocycles. The Morgan fingerprint density at radius 2 is 2.00 bits per heavy atom. The maximum absolute atomic E-state index is 14.7. The minimum atomic E-state index is -0.805. The van der Waals surface area contributed by atoms with E-state index in [9.17, 15) is 19.5 Å². The average Bonchev–Trinajstić information content (AvgIpc) is 3.55. The Labute approximate surface area is 228 Å². The van der Waals surface area contributed by atoms with Crippen molar-refractivity contribution in [3.8, 4) is 0 Å². The minimum Gasteiger partial charge on any atom is -0.466 e. The molecule has 2 unspecified atom stereocenters. The van der Waals surface area contributed by atoms with Gasteiger partial charge in [0, 0.05) is 17.5 Å². The molecule has 2 aromatic rings. The molecular weight excluding hydrogens is 500 g/mol. The summed E-state index contributed by atoms with van der Waals surface area (Å²) in [6.45, 7) is 9.81. The van der Waals surface area contributed by atoms with E-state index in [0.29, 0.717) is 6.42 Å². The summed E-state index contributed by atoms with van der Waals surface area (Å²) in [6.07, 6.45) is 3.10. The van der Waals surface area contributed by atoms with Crippen molar-refractivity contribution in [2.24, 2.45) is 17.8 Å². The molecule has 0 aliphatic carbocycles. The van der Waals surface area contributed by atoms with Crippen molar-refractivity contribution in [2.75, 3.05) is 24.7 Å². The van der Waals surface area contributed by atoms with Crippen molar-refractivity contribution in [2.45, 2.75) is 55.7 Å². The number of aliphatic hydroxyl groups is 1. The normalized spacial score (nSPS) is 28.6. The fourth-order valence-corrected chi connectivity index (χ4v) is 8.99. The SMILES string of the molecule is C=CCN(C(=O)C1N([C@@H](CO)C(C)C)C(=O)[C@@H]2[C@H](C(=O)OCC)[C@@H]3CCC12S3)c1ccc2ccccc2c1. The van der Waals surface area contributed by atoms with Crippen molar-refractivity contribution in [3.63, 3.8) is 0 Å². The smallest absolute Gasteiger partial charge is 0.310 e. The predicted molar refractivity (Wildman–Crippen MR) is 150 cm³/mol. The minimum absolute atomic E-state index is 0.0550. The van der Waals surface area contributed by atoms with Crippen LogP contribution in [0.3, 0.4) is 0 Å². The molecule has 2 aromatic carbocycles. The van der Waals surface area contributed by atoms with Crippen molar-refractivity contribution in [1.29, 1.82) is 0 Å². The molecule has 8 heteroatoms. The number of carbonyl (C=O) groups excluding carboxylic acids is 3. The third-order valence-corrected chi connectivity index (χ3v) is 10.4. The third-order valence-electron chi connectivity index (χ3n) is 8.47. The van der Waals surface area contributed by atoms with Gasteiger partial charge in [-0.15, -0.1) is 18.3 Å². The van der Waals surface area contributed by atoms with Crippen LogP contribution in [0.1, 0.15) is 33.6 Å². The Balaban J connectivity index is 1.62. The zero-order valence-corrected chi connectivity index (χ0v) is 23.0. The molecule has 3 aliphatic rings. The fourth-order valence-electron chi connectivity index (χ4n) is 6.80. The number of esters is 1. The van der Waals surface area contributed by atoms with E-state index in [0.717, 1.165) is 22.9 Å². The zero-order valence-electron chi connectivity index (χ0n) is 22.2. The number of hydrogen-bond donors (Lipinski definition) is 1. The highest BCUT2D eigenvalue weighted by molar-refractivity contribution is 8.02. The van der Waals surface area contributed by atoms with E-state index >= 15 is 0 Å². The second-order valence-corrected chi connectivity index (χ2v) is 12.4. The van der Waals surface area contributed by atoms with Crippen LogP contribution in [0.15, 0.2) is 55.1 Å². The number of hydrogen-bond acceptors (Lipinski definition) is 6. The van der Waals surface area contributed by atoms with Gasteiger partial charge < -0.3 is 19.6 Å². The van der Waals surface area contributed by atoms with Gasteiger partial charge >= 0.3 is 5.97 Å². The van der Waals surface area contributed by atoms with E-state index in [1.807, 2.05) is 56.3 Å². The molecule has 6 atom stereocenters. The van der Waals surface area contributed by atoms with Crippen LogP contribution in [-0.4, -0.2) is 69.6 Å². The molecule has 3 fully saturated rings. The van der Waals surface area contributed by atoms with Gasteiger partial charge in [-0.3, -0.25) is 14.4 Å². The summed E-state index contributed by atoms with van der Waals surface area (Å²) in [7, 11) is 0. The van der Waals surface area contributed by atoms with Crippen molar-refractivity contribution in [1.82, 2.24) is 4.90 Å². The largest absolute Gasteiger partial charge is 0.466 e. The molecule has 3 heterocycles. The fraction of sp³-hybridized carbons (Fsp3) is 0.500. The standard InChI is InChI=1S/C30H36N2O5S/c1-5-15-31(21-12-11-19-9-7-8-10-20(19)16-21)28(35)26-30-14-13-23(38-30)24(29(36)37-6-2)25(30)27(34)32(26)22(17-33)18(3)4/h5,7-12,16,18,22-26,33H,1,6,13-15,17H2,2-4H3/t22-,23-,24+,25-,26?,30?/m0/s1. The number of thioether (sulfide) groups is 1. The van der Waals surface area contributed by atoms with E-state index in [1.165, 1.54) is 0 Å². The van der Waals surface area contributed by atoms with Gasteiger partial charge in [-0.2, -0.15) is 0 Å². The quantitative estimate of drug-likeness (QED) is 0.385. The van der Waals surface area contributed by atoms with Crippen LogP contribution in [0, 0.1) is 17.8 Å². The van der Waals surface area contributed by atoms with Gasteiger partial charge in [0.2, 0.25) is 5.91 Å². The number of nitrogens with zero attached hydrogens (tertiary/aromatic N) is 2. The third kappa shape index (κ3) is 4.04. The Kier molecular flexibility index (Phi) is 7.31. The van der Waals surface area contributed by atoms with Gasteiger partial charge in [-0.25, -0.2) is 0 Å². The second kappa shape index (κ2) is 10.4. The highest BCUT2D eigenvalue weighted by atomic mass is 32.2. The van der Waals surface area contributed by atoms with Crippen LogP contribution in [0.4, 0.5) is 5.69 Å². The number of likely N-dealkylation sites (tertiary alicyclic amines) is 1. The number of aliphatic hydroxyl groups excluding tert-OH is 1. The molecule has 3 saturated heterocycles. The first-order chi connectivity index (χ1) is 18.3. The molecule has 2 bridgehead atoms. The summed E-state index contributed by atoms with van der Waals surface area (Å²) in [4.78, 5) is 45.3. The van der Waals surface area contributed by atoms with Crippen LogP contribution in [0.2, 0.25) is 0 Å². The lowest BCUT2D eigenvalue weighted by Gasteiger charge is -2.40. The highest BCUT2D eigenvalue weighted by Crippen LogP contribution is 2.67. The van der Waals surface area contributed by atoms with Crippen LogP contribution < -0.4 is 4.90 Å². The van der Waals surface area contributed by atoms with Gasteiger partial charge in [0.25, 0.3) is 5.91 Å². The molecule has 3 aliphatic heterocycles. The molecule has 0 saturated carbocycles. The Bertz CT molecular complexity index is 1260. The first-order valence-corrected chi connectivity index (χ1v) is 14.4. The maximum Gasteiger partial charge on any atom is 0.310 e. The topological polar surface area (TPSA) is 87.2 Å². The van der Waals surface area contributed by atoms with Crippen LogP contribution in [0.25, 0.3) is 10.8 Å². The van der Waals surface area contributed by atoms with E-state index < -0.39 is 28.7 Å². The number of rotatable bonds is 9. The number of amides is 2. The molecule has 202 valence electrons. The van der Waals surface area contributed by atoms with Gasteiger partial charge in [-0.05, 0) is 48.6 Å². The molecule has 5 rings (SSSR count). The molecule has 1 N–H and O–H groups in total. The van der Waals surface area contributed by atoms with Gasteiger partial charge in [-0.1, -0.05) is 50.3 Å². The number of ether oxygens (including phenoxy) is 1. The summed E-state index contributed by atoms with van der Waals surface area (Å²) >= 11 is 1.61. The molecule has 1 spiro atoms. The van der Waals surface area contributed by atoms with Crippen molar-refractivity contribution >= 4 is 46.0 Å². The summed E-state index contributed by atoms with van der Waals surface area (Å²) in [5.74, 6) is -2.09. The summed E-state index contributed by atoms with van der Waals surface area (Å²) < 4.78 is 4.67. The van der Waals surface area contributed by atoms with Crippen molar-refractivity contribution in [3.05, 3.63) is 55.1 Å². The lowest BCUT2D eigenvalue weighted by molar-refractivity contribution is -0.154. The van der Waals surface area contributed by atoms with Gasteiger partial charge in [0.05, 0.1) is 35.8 Å². The van der Waals surface area contributed by atoms with E-state index in [-0.39, 0.29) is 48.7 Å². The maximum atomic E-state index is 14.7. The first-order valence-electron chi connectivity index (χ1n) is 13.5. The Morgan fingerprint density at radius 1 is 1.26 bits per heavy atom. The van der Waals surface area contributed by atoms with Gasteiger partial charge in [0.15, 0.2) is 0 Å². The van der Waals surface area contributed by atoms with E-state index in [1.54, 1.807) is 34.6 Å². The van der Waals surface area contributed by atoms with Crippen LogP contribution in [0.5, 0.6) is 0 Å². The number of anilines is 1. The lowest BCUT2D eigenvalue weighted by atomic mass is 9.71. The molecule has 7 nitrogen and oxygen atoms in total. The molecule has 2 amide bonds. The van der Waals surface area contributed by atoms with E-state index in [4.69, 9.17) is 4.74 Å². The molecule has 0 radical (unpaired) electrons. The number of benzene rings is 2. The summed E-state index contributed by atoms with van der Waals surface area (Å²) in [5, 5.41) is 12.4.